The molecule has 6 heterocycles. The first kappa shape index (κ1) is 19.6. The molecule has 0 unspecified atom stereocenters. The topological polar surface area (TPSA) is 109 Å². The predicted molar refractivity (Wildman–Crippen MR) is 124 cm³/mol. The number of nitrogens with zero attached hydrogens (tertiary/aromatic N) is 7. The summed E-state index contributed by atoms with van der Waals surface area (Å²) in [6.07, 6.45) is 16.5. The molecule has 6 rings (SSSR count). The first-order valence-corrected chi connectivity index (χ1v) is 10.9. The second-order valence-electron chi connectivity index (χ2n) is 8.50. The van der Waals surface area contributed by atoms with Crippen LogP contribution in [0, 0.1) is 0 Å². The van der Waals surface area contributed by atoms with Gasteiger partial charge in [0.15, 0.2) is 0 Å². The molecule has 1 saturated heterocycles. The van der Waals surface area contributed by atoms with Gasteiger partial charge in [-0.1, -0.05) is 0 Å². The van der Waals surface area contributed by atoms with Gasteiger partial charge >= 0.3 is 0 Å². The van der Waals surface area contributed by atoms with Crippen LogP contribution in [0.1, 0.15) is 29.2 Å². The van der Waals surface area contributed by atoms with Gasteiger partial charge in [-0.3, -0.25) is 13.9 Å². The maximum absolute atomic E-state index is 13.0. The molecule has 10 nitrogen and oxygen atoms in total. The molecular formula is C23H23N9O. The zero-order valence-electron chi connectivity index (χ0n) is 18.1. The predicted octanol–water partition coefficient (Wildman–Crippen LogP) is 2.99. The monoisotopic (exact) mass is 441 g/mol. The van der Waals surface area contributed by atoms with Crippen LogP contribution < -0.4 is 5.32 Å². The lowest BCUT2D eigenvalue weighted by Crippen LogP contribution is -2.31. The van der Waals surface area contributed by atoms with Gasteiger partial charge in [-0.05, 0) is 39.0 Å². The quantitative estimate of drug-likeness (QED) is 0.444. The molecule has 10 heteroatoms. The van der Waals surface area contributed by atoms with Crippen molar-refractivity contribution in [3.63, 3.8) is 0 Å². The number of imidazole rings is 1. The van der Waals surface area contributed by atoms with E-state index >= 15 is 0 Å². The summed E-state index contributed by atoms with van der Waals surface area (Å²) in [5.74, 6) is 0.417. The minimum atomic E-state index is -0.220. The lowest BCUT2D eigenvalue weighted by atomic mass is 10.1. The molecule has 1 fully saturated rings. The highest BCUT2D eigenvalue weighted by Gasteiger charge is 2.19. The molecule has 2 N–H and O–H groups in total. The molecule has 1 amide bonds. The van der Waals surface area contributed by atoms with Gasteiger partial charge in [-0.25, -0.2) is 15.0 Å². The summed E-state index contributed by atoms with van der Waals surface area (Å²) in [6, 6.07) is 2.22. The number of H-pyrrole nitrogens is 1. The number of anilines is 1. The first-order chi connectivity index (χ1) is 16.1. The SMILES string of the molecule is CN1CCC(n2cc(NC(=O)c3cnc4[nH]cc(-c5cnc6nccn6c5)c4c3)cn2)CC1. The van der Waals surface area contributed by atoms with Crippen molar-refractivity contribution in [3.05, 3.63) is 61.2 Å². The van der Waals surface area contributed by atoms with Gasteiger partial charge in [0.05, 0.1) is 23.5 Å². The van der Waals surface area contributed by atoms with Gasteiger partial charge in [-0.2, -0.15) is 5.10 Å². The minimum absolute atomic E-state index is 0.220. The molecule has 0 atom stereocenters. The second-order valence-corrected chi connectivity index (χ2v) is 8.50. The number of pyridine rings is 1. The Balaban J connectivity index is 1.24. The van der Waals surface area contributed by atoms with E-state index in [1.807, 2.05) is 39.9 Å². The summed E-state index contributed by atoms with van der Waals surface area (Å²) >= 11 is 0. The third kappa shape index (κ3) is 3.64. The molecule has 0 aliphatic carbocycles. The van der Waals surface area contributed by atoms with E-state index < -0.39 is 0 Å². The number of amides is 1. The molecule has 0 saturated carbocycles. The largest absolute Gasteiger partial charge is 0.346 e. The molecular weight excluding hydrogens is 418 g/mol. The molecule has 0 bridgehead atoms. The highest BCUT2D eigenvalue weighted by molar-refractivity contribution is 6.07. The Bertz CT molecular complexity index is 1460. The molecule has 1 aliphatic heterocycles. The number of rotatable bonds is 4. The molecule has 0 spiro atoms. The average Bonchev–Trinajstić information content (AvgIpc) is 3.58. The van der Waals surface area contributed by atoms with Crippen molar-refractivity contribution >= 4 is 28.4 Å². The van der Waals surface area contributed by atoms with E-state index in [-0.39, 0.29) is 5.91 Å². The fourth-order valence-corrected chi connectivity index (χ4v) is 4.39. The lowest BCUT2D eigenvalue weighted by Gasteiger charge is -2.28. The number of carbonyl (C=O) groups excluding carboxylic acids is 1. The standard InChI is InChI=1S/C23H23N9O/c1-30-5-2-18(3-6-30)32-14-17(11-28-32)29-22(33)15-8-19-20(12-26-21(19)25-9-15)16-10-27-23-24-4-7-31(23)13-16/h4,7-14,18H,2-3,5-6H2,1H3,(H,25,26)(H,29,33). The zero-order valence-corrected chi connectivity index (χ0v) is 18.1. The van der Waals surface area contributed by atoms with Crippen LogP contribution >= 0.6 is 0 Å². The van der Waals surface area contributed by atoms with Crippen LogP contribution in [0.3, 0.4) is 0 Å². The van der Waals surface area contributed by atoms with Gasteiger partial charge in [0.2, 0.25) is 5.78 Å². The summed E-state index contributed by atoms with van der Waals surface area (Å²) in [7, 11) is 2.14. The number of hydrogen-bond donors (Lipinski definition) is 2. The highest BCUT2D eigenvalue weighted by Crippen LogP contribution is 2.28. The van der Waals surface area contributed by atoms with E-state index in [1.54, 1.807) is 24.8 Å². The normalized spacial score (nSPS) is 15.4. The number of likely N-dealkylation sites (tertiary alicyclic amines) is 1. The number of nitrogens with one attached hydrogen (secondary N) is 2. The number of piperidine rings is 1. The molecule has 0 aromatic carbocycles. The Morgan fingerprint density at radius 3 is 2.88 bits per heavy atom. The molecule has 5 aromatic rings. The van der Waals surface area contributed by atoms with E-state index in [0.717, 1.165) is 42.4 Å². The third-order valence-corrected chi connectivity index (χ3v) is 6.27. The first-order valence-electron chi connectivity index (χ1n) is 10.9. The number of hydrogen-bond acceptors (Lipinski definition) is 6. The summed E-state index contributed by atoms with van der Waals surface area (Å²) in [6.45, 7) is 2.11. The molecule has 5 aromatic heterocycles. The van der Waals surface area contributed by atoms with E-state index in [9.17, 15) is 4.79 Å². The summed E-state index contributed by atoms with van der Waals surface area (Å²) < 4.78 is 3.83. The number of aromatic nitrogens is 7. The Labute approximate surface area is 189 Å². The van der Waals surface area contributed by atoms with Crippen molar-refractivity contribution in [2.45, 2.75) is 18.9 Å². The van der Waals surface area contributed by atoms with E-state index in [4.69, 9.17) is 0 Å². The molecule has 0 radical (unpaired) electrons. The Hall–Kier alpha value is -4.05. The summed E-state index contributed by atoms with van der Waals surface area (Å²) in [4.78, 5) is 31.5. The van der Waals surface area contributed by atoms with Gasteiger partial charge < -0.3 is 15.2 Å². The van der Waals surface area contributed by atoms with Gasteiger partial charge in [0, 0.05) is 59.9 Å². The van der Waals surface area contributed by atoms with Crippen LogP contribution in [-0.4, -0.2) is 65.1 Å². The Morgan fingerprint density at radius 1 is 1.12 bits per heavy atom. The maximum Gasteiger partial charge on any atom is 0.257 e. The highest BCUT2D eigenvalue weighted by atomic mass is 16.1. The second kappa shape index (κ2) is 7.82. The van der Waals surface area contributed by atoms with Crippen molar-refractivity contribution in [2.75, 3.05) is 25.5 Å². The lowest BCUT2D eigenvalue weighted by molar-refractivity contribution is 0.102. The van der Waals surface area contributed by atoms with Crippen molar-refractivity contribution in [2.24, 2.45) is 0 Å². The van der Waals surface area contributed by atoms with Gasteiger partial charge in [0.1, 0.15) is 5.65 Å². The van der Waals surface area contributed by atoms with Crippen LogP contribution in [0.2, 0.25) is 0 Å². The third-order valence-electron chi connectivity index (χ3n) is 6.27. The zero-order chi connectivity index (χ0) is 22.4. The van der Waals surface area contributed by atoms with Crippen molar-refractivity contribution in [1.82, 2.24) is 39.0 Å². The van der Waals surface area contributed by atoms with Crippen LogP contribution in [0.4, 0.5) is 5.69 Å². The van der Waals surface area contributed by atoms with Crippen LogP contribution in [0.25, 0.3) is 27.9 Å². The average molecular weight is 441 g/mol. The van der Waals surface area contributed by atoms with Crippen LogP contribution in [0.5, 0.6) is 0 Å². The molecule has 166 valence electrons. The smallest absolute Gasteiger partial charge is 0.257 e. The van der Waals surface area contributed by atoms with E-state index in [1.165, 1.54) is 0 Å². The van der Waals surface area contributed by atoms with E-state index in [2.05, 4.69) is 42.3 Å². The fourth-order valence-electron chi connectivity index (χ4n) is 4.39. The number of carbonyl (C=O) groups is 1. The van der Waals surface area contributed by atoms with Crippen molar-refractivity contribution in [3.8, 4) is 11.1 Å². The van der Waals surface area contributed by atoms with Crippen molar-refractivity contribution in [1.29, 1.82) is 0 Å². The maximum atomic E-state index is 13.0. The fraction of sp³-hybridized carbons (Fsp3) is 0.261. The molecule has 1 aliphatic rings. The number of fused-ring (bicyclic) bond motifs is 2. The van der Waals surface area contributed by atoms with Gasteiger partial charge in [0.25, 0.3) is 5.91 Å². The molecule has 33 heavy (non-hydrogen) atoms. The van der Waals surface area contributed by atoms with Crippen LogP contribution in [0.15, 0.2) is 55.6 Å². The van der Waals surface area contributed by atoms with Crippen molar-refractivity contribution < 1.29 is 4.79 Å². The van der Waals surface area contributed by atoms with E-state index in [0.29, 0.717) is 28.7 Å². The van der Waals surface area contributed by atoms with Gasteiger partial charge in [-0.15, -0.1) is 0 Å². The summed E-state index contributed by atoms with van der Waals surface area (Å²) in [5, 5.41) is 8.28. The Morgan fingerprint density at radius 2 is 2.00 bits per heavy atom. The number of aromatic amines is 1. The minimum Gasteiger partial charge on any atom is -0.346 e. The Kier molecular flexibility index (Phi) is 4.65. The van der Waals surface area contributed by atoms with Crippen LogP contribution in [-0.2, 0) is 0 Å². The summed E-state index contributed by atoms with van der Waals surface area (Å²) in [5.41, 5.74) is 3.70.